The Bertz CT molecular complexity index is 3600. The number of anilines is 3. The zero-order valence-electron chi connectivity index (χ0n) is 33.1. The summed E-state index contributed by atoms with van der Waals surface area (Å²) in [6.45, 7) is 0. The summed E-state index contributed by atoms with van der Waals surface area (Å²) in [4.78, 5) is 2.34. The number of hydrogen-bond donors (Lipinski definition) is 0. The lowest BCUT2D eigenvalue weighted by Crippen LogP contribution is -2.09. The molecule has 0 saturated carbocycles. The molecule has 0 N–H and O–H groups in total. The third-order valence-electron chi connectivity index (χ3n) is 12.1. The molecule has 2 aromatic heterocycles. The van der Waals surface area contributed by atoms with Crippen molar-refractivity contribution in [2.24, 2.45) is 0 Å². The van der Waals surface area contributed by atoms with Crippen LogP contribution < -0.4 is 4.90 Å². The van der Waals surface area contributed by atoms with Gasteiger partial charge in [-0.2, -0.15) is 0 Å². The number of para-hydroxylation sites is 3. The summed E-state index contributed by atoms with van der Waals surface area (Å²) in [6.07, 6.45) is 0. The van der Waals surface area contributed by atoms with E-state index in [4.69, 9.17) is 8.83 Å². The Morgan fingerprint density at radius 2 is 0.770 bits per heavy atom. The Balaban J connectivity index is 0.952. The molecule has 0 amide bonds. The first-order valence-electron chi connectivity index (χ1n) is 20.7. The Morgan fingerprint density at radius 3 is 1.52 bits per heavy atom. The molecule has 286 valence electrons. The minimum atomic E-state index is 0.887. The van der Waals surface area contributed by atoms with Crippen LogP contribution in [-0.4, -0.2) is 0 Å². The fraction of sp³-hybridized carbons (Fsp3) is 0. The Morgan fingerprint density at radius 1 is 0.246 bits per heavy atom. The van der Waals surface area contributed by atoms with Crippen LogP contribution in [0.1, 0.15) is 0 Å². The lowest BCUT2D eigenvalue weighted by molar-refractivity contribution is 0.668. The normalized spacial score (nSPS) is 11.6. The standard InChI is InChI=1S/C58H37NO2/c1-2-14-46(15-3-1)59(48-29-25-38-11-4-5-12-41(38)34-48)47-16-10-13-42(33-47)39-21-23-40(24-22-39)49-30-26-43(44-27-31-57-53(36-44)50-17-6-8-19-55(50)60-57)35-52(49)45-28-32-58-54(37-45)51-18-7-9-20-56(51)61-58/h1-37H. The van der Waals surface area contributed by atoms with E-state index in [9.17, 15) is 0 Å². The summed E-state index contributed by atoms with van der Waals surface area (Å²) in [6, 6.07) is 80.2. The van der Waals surface area contributed by atoms with E-state index in [0.29, 0.717) is 0 Å². The number of hydrogen-bond acceptors (Lipinski definition) is 3. The number of benzene rings is 10. The van der Waals surface area contributed by atoms with Crippen LogP contribution in [0.25, 0.3) is 99.2 Å². The van der Waals surface area contributed by atoms with Crippen molar-refractivity contribution in [2.75, 3.05) is 4.90 Å². The lowest BCUT2D eigenvalue weighted by atomic mass is 9.89. The van der Waals surface area contributed by atoms with Crippen LogP contribution >= 0.6 is 0 Å². The molecule has 12 aromatic rings. The second-order valence-electron chi connectivity index (χ2n) is 15.7. The molecule has 3 heteroatoms. The number of nitrogens with zero attached hydrogens (tertiary/aromatic N) is 1. The first-order chi connectivity index (χ1) is 30.2. The maximum atomic E-state index is 6.25. The van der Waals surface area contributed by atoms with Gasteiger partial charge in [0.05, 0.1) is 0 Å². The molecule has 0 unspecified atom stereocenters. The minimum Gasteiger partial charge on any atom is -0.456 e. The number of furan rings is 2. The molecule has 0 aliphatic carbocycles. The summed E-state index contributed by atoms with van der Waals surface area (Å²) in [5.41, 5.74) is 16.1. The fourth-order valence-corrected chi connectivity index (χ4v) is 9.02. The maximum Gasteiger partial charge on any atom is 0.135 e. The van der Waals surface area contributed by atoms with Crippen molar-refractivity contribution in [3.8, 4) is 44.5 Å². The monoisotopic (exact) mass is 779 g/mol. The van der Waals surface area contributed by atoms with E-state index in [1.54, 1.807) is 0 Å². The Hall–Kier alpha value is -8.14. The zero-order valence-corrected chi connectivity index (χ0v) is 33.1. The van der Waals surface area contributed by atoms with Gasteiger partial charge in [-0.1, -0.05) is 146 Å². The molecule has 0 saturated heterocycles. The van der Waals surface area contributed by atoms with Crippen molar-refractivity contribution in [1.29, 1.82) is 0 Å². The highest BCUT2D eigenvalue weighted by molar-refractivity contribution is 6.08. The van der Waals surface area contributed by atoms with Gasteiger partial charge in [-0.3, -0.25) is 0 Å². The first-order valence-corrected chi connectivity index (χ1v) is 20.7. The summed E-state index contributed by atoms with van der Waals surface area (Å²) < 4.78 is 12.4. The third-order valence-corrected chi connectivity index (χ3v) is 12.1. The molecule has 0 aliphatic rings. The molecular weight excluding hydrogens is 743 g/mol. The van der Waals surface area contributed by atoms with Gasteiger partial charge in [-0.05, 0) is 134 Å². The van der Waals surface area contributed by atoms with Gasteiger partial charge in [-0.25, -0.2) is 0 Å². The second kappa shape index (κ2) is 14.3. The van der Waals surface area contributed by atoms with E-state index in [0.717, 1.165) is 105 Å². The van der Waals surface area contributed by atoms with Crippen molar-refractivity contribution in [3.63, 3.8) is 0 Å². The molecule has 3 nitrogen and oxygen atoms in total. The van der Waals surface area contributed by atoms with Crippen molar-refractivity contribution in [1.82, 2.24) is 0 Å². The van der Waals surface area contributed by atoms with Crippen molar-refractivity contribution in [3.05, 3.63) is 224 Å². The van der Waals surface area contributed by atoms with Crippen LogP contribution in [0.2, 0.25) is 0 Å². The van der Waals surface area contributed by atoms with Crippen molar-refractivity contribution < 1.29 is 8.83 Å². The van der Waals surface area contributed by atoms with E-state index in [2.05, 4.69) is 205 Å². The molecule has 0 atom stereocenters. The predicted molar refractivity (Wildman–Crippen MR) is 255 cm³/mol. The smallest absolute Gasteiger partial charge is 0.135 e. The summed E-state index contributed by atoms with van der Waals surface area (Å²) >= 11 is 0. The topological polar surface area (TPSA) is 29.5 Å². The molecule has 10 aromatic carbocycles. The van der Waals surface area contributed by atoms with Crippen LogP contribution in [0.4, 0.5) is 17.1 Å². The van der Waals surface area contributed by atoms with Crippen LogP contribution in [0.5, 0.6) is 0 Å². The van der Waals surface area contributed by atoms with E-state index in [1.807, 2.05) is 24.3 Å². The average Bonchev–Trinajstić information content (AvgIpc) is 3.90. The van der Waals surface area contributed by atoms with E-state index < -0.39 is 0 Å². The molecule has 0 radical (unpaired) electrons. The Labute approximate surface area is 353 Å². The Kier molecular flexibility index (Phi) is 8.17. The number of fused-ring (bicyclic) bond motifs is 7. The van der Waals surface area contributed by atoms with Gasteiger partial charge in [-0.15, -0.1) is 0 Å². The summed E-state index contributed by atoms with van der Waals surface area (Å²) in [5.74, 6) is 0. The first kappa shape index (κ1) is 34.9. The molecular formula is C58H37NO2. The summed E-state index contributed by atoms with van der Waals surface area (Å²) in [5, 5.41) is 6.91. The zero-order chi connectivity index (χ0) is 40.3. The molecule has 0 spiro atoms. The van der Waals surface area contributed by atoms with Gasteiger partial charge in [0.15, 0.2) is 0 Å². The van der Waals surface area contributed by atoms with Crippen molar-refractivity contribution >= 4 is 71.7 Å². The highest BCUT2D eigenvalue weighted by Crippen LogP contribution is 2.42. The van der Waals surface area contributed by atoms with Crippen molar-refractivity contribution in [2.45, 2.75) is 0 Å². The van der Waals surface area contributed by atoms with Crippen LogP contribution in [-0.2, 0) is 0 Å². The quantitative estimate of drug-likeness (QED) is 0.161. The fourth-order valence-electron chi connectivity index (χ4n) is 9.02. The highest BCUT2D eigenvalue weighted by atomic mass is 16.3. The third kappa shape index (κ3) is 6.14. The minimum absolute atomic E-state index is 0.887. The van der Waals surface area contributed by atoms with Gasteiger partial charge in [0.1, 0.15) is 22.3 Å². The SMILES string of the molecule is c1ccc(N(c2cccc(-c3ccc(-c4ccc(-c5ccc6oc7ccccc7c6c5)cc4-c4ccc5oc6ccccc6c5c4)cc3)c2)c2ccc3ccccc3c2)cc1. The van der Waals surface area contributed by atoms with Crippen LogP contribution in [0.3, 0.4) is 0 Å². The van der Waals surface area contributed by atoms with Crippen LogP contribution in [0.15, 0.2) is 233 Å². The maximum absolute atomic E-state index is 6.25. The molecule has 61 heavy (non-hydrogen) atoms. The summed E-state index contributed by atoms with van der Waals surface area (Å²) in [7, 11) is 0. The molecule has 0 fully saturated rings. The van der Waals surface area contributed by atoms with Crippen LogP contribution in [0, 0.1) is 0 Å². The number of rotatable bonds is 7. The lowest BCUT2D eigenvalue weighted by Gasteiger charge is -2.26. The largest absolute Gasteiger partial charge is 0.456 e. The molecule has 0 bridgehead atoms. The van der Waals surface area contributed by atoms with E-state index in [-0.39, 0.29) is 0 Å². The second-order valence-corrected chi connectivity index (χ2v) is 15.7. The van der Waals surface area contributed by atoms with E-state index >= 15 is 0 Å². The van der Waals surface area contributed by atoms with Gasteiger partial charge in [0.25, 0.3) is 0 Å². The molecule has 0 aliphatic heterocycles. The highest BCUT2D eigenvalue weighted by Gasteiger charge is 2.17. The van der Waals surface area contributed by atoms with Gasteiger partial charge in [0.2, 0.25) is 0 Å². The molecule has 12 rings (SSSR count). The van der Waals surface area contributed by atoms with E-state index in [1.165, 1.54) is 10.8 Å². The average molecular weight is 780 g/mol. The van der Waals surface area contributed by atoms with Gasteiger partial charge < -0.3 is 13.7 Å². The van der Waals surface area contributed by atoms with Gasteiger partial charge in [0, 0.05) is 38.6 Å². The molecule has 2 heterocycles. The van der Waals surface area contributed by atoms with Gasteiger partial charge >= 0.3 is 0 Å². The predicted octanol–water partition coefficient (Wildman–Crippen LogP) is 16.8.